The molecule has 0 bridgehead atoms. The monoisotopic (exact) mass is 353 g/mol. The van der Waals surface area contributed by atoms with Crippen LogP contribution in [-0.2, 0) is 6.42 Å². The van der Waals surface area contributed by atoms with E-state index in [1.165, 1.54) is 16.8 Å². The third-order valence-corrected chi connectivity index (χ3v) is 5.05. The van der Waals surface area contributed by atoms with Gasteiger partial charge in [-0.05, 0) is 69.3 Å². The molecule has 3 rings (SSSR count). The van der Waals surface area contributed by atoms with Gasteiger partial charge in [0, 0.05) is 12.2 Å². The number of hydrogen-bond acceptors (Lipinski definition) is 2. The molecule has 1 atom stereocenters. The van der Waals surface area contributed by atoms with Crippen LogP contribution in [0.4, 0.5) is 5.69 Å². The highest BCUT2D eigenvalue weighted by Crippen LogP contribution is 2.38. The van der Waals surface area contributed by atoms with Gasteiger partial charge in [-0.25, -0.2) is 0 Å². The van der Waals surface area contributed by atoms with Crippen LogP contribution in [0.15, 0.2) is 54.6 Å². The van der Waals surface area contributed by atoms with Crippen LogP contribution in [0.25, 0.3) is 0 Å². The van der Waals surface area contributed by atoms with Crippen molar-refractivity contribution in [3.05, 3.63) is 65.7 Å². The lowest BCUT2D eigenvalue weighted by Crippen LogP contribution is -2.45. The van der Waals surface area contributed by atoms with Crippen molar-refractivity contribution in [1.29, 1.82) is 0 Å². The molecule has 1 heterocycles. The smallest absolute Gasteiger partial charge is 0.174 e. The van der Waals surface area contributed by atoms with Crippen LogP contribution in [0.5, 0.6) is 0 Å². The second kappa shape index (κ2) is 8.45. The summed E-state index contributed by atoms with van der Waals surface area (Å²) in [5, 5.41) is 4.31. The number of hydrogen-bond donors (Lipinski definition) is 1. The van der Waals surface area contributed by atoms with E-state index in [1.54, 1.807) is 0 Å². The van der Waals surface area contributed by atoms with E-state index < -0.39 is 0 Å². The number of rotatable bonds is 5. The van der Waals surface area contributed by atoms with Gasteiger partial charge in [0.15, 0.2) is 5.11 Å². The Morgan fingerprint density at radius 1 is 1.12 bits per heavy atom. The summed E-state index contributed by atoms with van der Waals surface area (Å²) < 4.78 is 0. The second-order valence-electron chi connectivity index (χ2n) is 6.85. The fourth-order valence-electron chi connectivity index (χ4n) is 3.46. The summed E-state index contributed by atoms with van der Waals surface area (Å²) in [6.07, 6.45) is 3.26. The first-order chi connectivity index (χ1) is 12.2. The minimum absolute atomic E-state index is 0.296. The van der Waals surface area contributed by atoms with E-state index in [4.69, 9.17) is 12.2 Å². The van der Waals surface area contributed by atoms with Crippen LogP contribution < -0.4 is 10.2 Å². The molecule has 132 valence electrons. The van der Waals surface area contributed by atoms with Gasteiger partial charge in [0.25, 0.3) is 0 Å². The molecule has 25 heavy (non-hydrogen) atoms. The molecule has 0 fully saturated rings. The first kappa shape index (κ1) is 17.9. The molecule has 1 aliphatic heterocycles. The third-order valence-electron chi connectivity index (χ3n) is 4.71. The molecule has 2 aromatic carbocycles. The van der Waals surface area contributed by atoms with Crippen LogP contribution in [0.1, 0.15) is 30.0 Å². The largest absolute Gasteiger partial charge is 0.362 e. The predicted octanol–water partition coefficient (Wildman–Crippen LogP) is 4.01. The zero-order chi connectivity index (χ0) is 17.6. The minimum Gasteiger partial charge on any atom is -0.362 e. The Labute approximate surface area is 156 Å². The number of fused-ring (bicyclic) bond motifs is 1. The van der Waals surface area contributed by atoms with E-state index in [9.17, 15) is 0 Å². The highest BCUT2D eigenvalue weighted by Gasteiger charge is 2.29. The van der Waals surface area contributed by atoms with Gasteiger partial charge in [0.05, 0.1) is 6.04 Å². The number of nitrogens with zero attached hydrogens (tertiary/aromatic N) is 2. The molecule has 1 N–H and O–H groups in total. The van der Waals surface area contributed by atoms with E-state index >= 15 is 0 Å². The van der Waals surface area contributed by atoms with E-state index in [-0.39, 0.29) is 0 Å². The summed E-state index contributed by atoms with van der Waals surface area (Å²) >= 11 is 5.81. The average Bonchev–Trinajstić information content (AvgIpc) is 2.64. The SMILES string of the molecule is CN(C)CCCNC(=S)N1c2ccccc2CCC1c1ccccc1. The fraction of sp³-hybridized carbons (Fsp3) is 0.381. The van der Waals surface area contributed by atoms with Crippen LogP contribution >= 0.6 is 12.2 Å². The first-order valence-corrected chi connectivity index (χ1v) is 9.42. The van der Waals surface area contributed by atoms with Crippen molar-refractivity contribution in [3.63, 3.8) is 0 Å². The van der Waals surface area contributed by atoms with Crippen LogP contribution in [0.3, 0.4) is 0 Å². The molecule has 0 spiro atoms. The molecular weight excluding hydrogens is 326 g/mol. The highest BCUT2D eigenvalue weighted by molar-refractivity contribution is 7.80. The molecule has 1 unspecified atom stereocenters. The Hall–Kier alpha value is -1.91. The van der Waals surface area contributed by atoms with Crippen molar-refractivity contribution in [2.75, 3.05) is 32.1 Å². The van der Waals surface area contributed by atoms with Crippen molar-refractivity contribution < 1.29 is 0 Å². The molecule has 2 aromatic rings. The molecule has 0 amide bonds. The Morgan fingerprint density at radius 3 is 2.60 bits per heavy atom. The summed E-state index contributed by atoms with van der Waals surface area (Å²) in [6.45, 7) is 1.96. The van der Waals surface area contributed by atoms with Gasteiger partial charge in [-0.3, -0.25) is 0 Å². The summed E-state index contributed by atoms with van der Waals surface area (Å²) in [4.78, 5) is 4.52. The molecule has 0 saturated carbocycles. The van der Waals surface area contributed by atoms with Gasteiger partial charge in [0.1, 0.15) is 0 Å². The summed E-state index contributed by atoms with van der Waals surface area (Å²) in [5.41, 5.74) is 3.95. The molecule has 3 nitrogen and oxygen atoms in total. The maximum atomic E-state index is 5.81. The van der Waals surface area contributed by atoms with E-state index in [0.29, 0.717) is 6.04 Å². The summed E-state index contributed by atoms with van der Waals surface area (Å²) in [7, 11) is 4.20. The van der Waals surface area contributed by atoms with Gasteiger partial charge in [-0.2, -0.15) is 0 Å². The minimum atomic E-state index is 0.296. The van der Waals surface area contributed by atoms with Gasteiger partial charge in [-0.1, -0.05) is 48.5 Å². The number of nitrogens with one attached hydrogen (secondary N) is 1. The molecule has 0 aromatic heterocycles. The Bertz CT molecular complexity index is 699. The maximum absolute atomic E-state index is 5.81. The normalized spacial score (nSPS) is 16.6. The zero-order valence-electron chi connectivity index (χ0n) is 15.1. The first-order valence-electron chi connectivity index (χ1n) is 9.01. The van der Waals surface area contributed by atoms with E-state index in [1.807, 2.05) is 0 Å². The van der Waals surface area contributed by atoms with Crippen molar-refractivity contribution in [3.8, 4) is 0 Å². The number of aryl methyl sites for hydroxylation is 1. The molecule has 0 saturated heterocycles. The second-order valence-corrected chi connectivity index (χ2v) is 7.24. The van der Waals surface area contributed by atoms with Crippen LogP contribution in [0, 0.1) is 0 Å². The zero-order valence-corrected chi connectivity index (χ0v) is 15.9. The lowest BCUT2D eigenvalue weighted by Gasteiger charge is -2.39. The van der Waals surface area contributed by atoms with E-state index in [0.717, 1.165) is 37.5 Å². The van der Waals surface area contributed by atoms with E-state index in [2.05, 4.69) is 83.8 Å². The molecule has 4 heteroatoms. The van der Waals surface area contributed by atoms with Gasteiger partial charge in [0.2, 0.25) is 0 Å². The number of thiocarbonyl (C=S) groups is 1. The van der Waals surface area contributed by atoms with Gasteiger partial charge < -0.3 is 15.1 Å². The fourth-order valence-corrected chi connectivity index (χ4v) is 3.79. The van der Waals surface area contributed by atoms with Gasteiger partial charge in [-0.15, -0.1) is 0 Å². The topological polar surface area (TPSA) is 18.5 Å². The Morgan fingerprint density at radius 2 is 1.84 bits per heavy atom. The van der Waals surface area contributed by atoms with Crippen LogP contribution in [-0.4, -0.2) is 37.2 Å². The summed E-state index contributed by atoms with van der Waals surface area (Å²) in [6, 6.07) is 19.6. The van der Waals surface area contributed by atoms with Crippen LogP contribution in [0.2, 0.25) is 0 Å². The molecule has 1 aliphatic rings. The maximum Gasteiger partial charge on any atom is 0.174 e. The predicted molar refractivity (Wildman–Crippen MR) is 110 cm³/mol. The lowest BCUT2D eigenvalue weighted by atomic mass is 9.91. The number of para-hydroxylation sites is 1. The Kier molecular flexibility index (Phi) is 6.05. The number of benzene rings is 2. The molecular formula is C21H27N3S. The highest BCUT2D eigenvalue weighted by atomic mass is 32.1. The molecule has 0 radical (unpaired) electrons. The van der Waals surface area contributed by atoms with Crippen molar-refractivity contribution in [1.82, 2.24) is 10.2 Å². The quantitative estimate of drug-likeness (QED) is 0.646. The number of anilines is 1. The van der Waals surface area contributed by atoms with Gasteiger partial charge >= 0.3 is 0 Å². The average molecular weight is 354 g/mol. The third kappa shape index (κ3) is 4.39. The summed E-state index contributed by atoms with van der Waals surface area (Å²) in [5.74, 6) is 0. The van der Waals surface area contributed by atoms with Crippen molar-refractivity contribution in [2.45, 2.75) is 25.3 Å². The van der Waals surface area contributed by atoms with Crippen molar-refractivity contribution >= 4 is 23.0 Å². The standard InChI is InChI=1S/C21H27N3S/c1-23(2)16-8-15-22-21(25)24-19-12-7-6-11-18(19)13-14-20(24)17-9-4-3-5-10-17/h3-7,9-12,20H,8,13-16H2,1-2H3,(H,22,25). The molecule has 0 aliphatic carbocycles. The lowest BCUT2D eigenvalue weighted by molar-refractivity contribution is 0.400. The Balaban J connectivity index is 1.81. The van der Waals surface area contributed by atoms with Crippen molar-refractivity contribution in [2.24, 2.45) is 0 Å².